The van der Waals surface area contributed by atoms with Gasteiger partial charge in [0.25, 0.3) is 11.4 Å². The molecule has 4 rings (SSSR count). The summed E-state index contributed by atoms with van der Waals surface area (Å²) in [7, 11) is -4.66. The molecule has 3 N–H and O–H groups in total. The Kier molecular flexibility index (Phi) is 8.53. The summed E-state index contributed by atoms with van der Waals surface area (Å²) in [4.78, 5) is 37.9. The highest BCUT2D eigenvalue weighted by Gasteiger charge is 2.65. The van der Waals surface area contributed by atoms with Crippen LogP contribution in [0, 0.1) is 0 Å². The van der Waals surface area contributed by atoms with Gasteiger partial charge in [0.15, 0.2) is 18.0 Å². The van der Waals surface area contributed by atoms with Crippen LogP contribution in [0.3, 0.4) is 0 Å². The Balaban J connectivity index is 1.62. The normalized spacial score (nSPS) is 26.5. The molecule has 12 nitrogen and oxygen atoms in total. The SMILES string of the molecule is CC(C)OC(=O)[C@H](C)N[P@](=O)(OC[C@@]1(F)O[C@@H](n2ccc(=O)[nH]c2=O)[C@](C)(F)[C@@H]1O)Oc1ccc2ccccc2c1. The van der Waals surface area contributed by atoms with Gasteiger partial charge in [0.1, 0.15) is 18.4 Å². The number of halogens is 2. The van der Waals surface area contributed by atoms with Gasteiger partial charge in [0, 0.05) is 12.3 Å². The van der Waals surface area contributed by atoms with Crippen molar-refractivity contribution in [2.24, 2.45) is 0 Å². The van der Waals surface area contributed by atoms with Crippen molar-refractivity contribution < 1.29 is 41.8 Å². The summed E-state index contributed by atoms with van der Waals surface area (Å²) in [5, 5.41) is 14.5. The van der Waals surface area contributed by atoms with E-state index in [-0.39, 0.29) is 5.75 Å². The second-order valence-electron chi connectivity index (χ2n) is 10.0. The number of H-pyrrole nitrogens is 1. The number of carbonyl (C=O) groups is 1. The first-order chi connectivity index (χ1) is 19.1. The molecule has 41 heavy (non-hydrogen) atoms. The molecule has 0 unspecified atom stereocenters. The molecule has 0 aliphatic carbocycles. The summed E-state index contributed by atoms with van der Waals surface area (Å²) in [6.45, 7) is 3.96. The summed E-state index contributed by atoms with van der Waals surface area (Å²) in [6, 6.07) is 11.5. The molecule has 0 saturated carbocycles. The molecule has 3 aromatic rings. The Morgan fingerprint density at radius 1 is 1.17 bits per heavy atom. The van der Waals surface area contributed by atoms with Gasteiger partial charge in [-0.25, -0.2) is 18.1 Å². The third kappa shape index (κ3) is 6.57. The second kappa shape index (κ2) is 11.5. The molecule has 1 fully saturated rings. The molecule has 2 heterocycles. The quantitative estimate of drug-likeness (QED) is 0.234. The van der Waals surface area contributed by atoms with Gasteiger partial charge in [-0.05, 0) is 50.6 Å². The van der Waals surface area contributed by atoms with Crippen LogP contribution in [0.4, 0.5) is 8.78 Å². The smallest absolute Gasteiger partial charge is 0.459 e. The first kappa shape index (κ1) is 30.5. The topological polar surface area (TPSA) is 158 Å². The largest absolute Gasteiger partial charge is 0.462 e. The Morgan fingerprint density at radius 3 is 2.51 bits per heavy atom. The van der Waals surface area contributed by atoms with Crippen LogP contribution in [-0.4, -0.2) is 57.0 Å². The Morgan fingerprint density at radius 2 is 1.85 bits per heavy atom. The van der Waals surface area contributed by atoms with Crippen molar-refractivity contribution in [2.75, 3.05) is 6.61 Å². The van der Waals surface area contributed by atoms with Crippen LogP contribution in [0.2, 0.25) is 0 Å². The molecule has 1 aromatic heterocycles. The van der Waals surface area contributed by atoms with Crippen LogP contribution in [0.15, 0.2) is 64.3 Å². The molecule has 6 atom stereocenters. The number of aromatic nitrogens is 2. The average Bonchev–Trinajstić information content (AvgIpc) is 3.07. The van der Waals surface area contributed by atoms with Gasteiger partial charge in [-0.2, -0.15) is 5.09 Å². The number of hydrogen-bond acceptors (Lipinski definition) is 9. The Labute approximate surface area is 232 Å². The molecule has 0 spiro atoms. The molecule has 0 bridgehead atoms. The maximum atomic E-state index is 16.0. The lowest BCUT2D eigenvalue weighted by Gasteiger charge is -2.28. The monoisotopic (exact) mass is 597 g/mol. The third-order valence-electron chi connectivity index (χ3n) is 6.27. The van der Waals surface area contributed by atoms with Crippen LogP contribution in [0.5, 0.6) is 5.75 Å². The highest BCUT2D eigenvalue weighted by atomic mass is 31.2. The zero-order chi connectivity index (χ0) is 30.2. The van der Waals surface area contributed by atoms with Crippen LogP contribution >= 0.6 is 7.75 Å². The van der Waals surface area contributed by atoms with Gasteiger partial charge < -0.3 is 19.1 Å². The van der Waals surface area contributed by atoms with E-state index in [1.807, 2.05) is 17.1 Å². The zero-order valence-electron chi connectivity index (χ0n) is 22.6. The van der Waals surface area contributed by atoms with Gasteiger partial charge in [-0.1, -0.05) is 30.3 Å². The minimum Gasteiger partial charge on any atom is -0.462 e. The summed E-state index contributed by atoms with van der Waals surface area (Å²) < 4.78 is 67.1. The number of hydrogen-bond donors (Lipinski definition) is 3. The Hall–Kier alpha value is -3.42. The number of nitrogens with one attached hydrogen (secondary N) is 2. The lowest BCUT2D eigenvalue weighted by Crippen LogP contribution is -2.47. The number of nitrogens with zero attached hydrogens (tertiary/aromatic N) is 1. The third-order valence-corrected chi connectivity index (χ3v) is 7.90. The van der Waals surface area contributed by atoms with E-state index in [2.05, 4.69) is 5.09 Å². The molecule has 15 heteroatoms. The number of alkyl halides is 2. The fourth-order valence-electron chi connectivity index (χ4n) is 4.23. The summed E-state index contributed by atoms with van der Waals surface area (Å²) in [5.74, 6) is -4.14. The van der Waals surface area contributed by atoms with Gasteiger partial charge >= 0.3 is 19.4 Å². The van der Waals surface area contributed by atoms with Crippen molar-refractivity contribution in [1.82, 2.24) is 14.6 Å². The van der Waals surface area contributed by atoms with E-state index in [1.54, 1.807) is 32.0 Å². The molecule has 0 amide bonds. The lowest BCUT2D eigenvalue weighted by atomic mass is 9.97. The minimum absolute atomic E-state index is 0.0257. The number of esters is 1. The lowest BCUT2D eigenvalue weighted by molar-refractivity contribution is -0.204. The van der Waals surface area contributed by atoms with Gasteiger partial charge in [-0.15, -0.1) is 0 Å². The number of carbonyl (C=O) groups excluding carboxylic acids is 1. The number of aliphatic hydroxyl groups excluding tert-OH is 1. The van der Waals surface area contributed by atoms with Crippen molar-refractivity contribution in [1.29, 1.82) is 0 Å². The summed E-state index contributed by atoms with van der Waals surface area (Å²) >= 11 is 0. The van der Waals surface area contributed by atoms with E-state index in [0.29, 0.717) is 9.95 Å². The number of aliphatic hydroxyl groups is 1. The van der Waals surface area contributed by atoms with Crippen LogP contribution in [0.1, 0.15) is 33.9 Å². The van der Waals surface area contributed by atoms with Crippen LogP contribution in [-0.2, 0) is 23.4 Å². The first-order valence-corrected chi connectivity index (χ1v) is 14.1. The number of benzene rings is 2. The van der Waals surface area contributed by atoms with E-state index in [1.165, 1.54) is 19.1 Å². The number of rotatable bonds is 10. The molecule has 2 aromatic carbocycles. The number of fused-ring (bicyclic) bond motifs is 1. The Bertz CT molecular complexity index is 1590. The van der Waals surface area contributed by atoms with Crippen molar-refractivity contribution in [3.63, 3.8) is 0 Å². The predicted molar refractivity (Wildman–Crippen MR) is 143 cm³/mol. The van der Waals surface area contributed by atoms with Crippen LogP contribution in [0.25, 0.3) is 10.8 Å². The van der Waals surface area contributed by atoms with E-state index in [4.69, 9.17) is 18.5 Å². The molecule has 1 saturated heterocycles. The number of aromatic amines is 1. The molecule has 1 aliphatic rings. The van der Waals surface area contributed by atoms with Gasteiger partial charge in [-0.3, -0.25) is 23.7 Å². The van der Waals surface area contributed by atoms with E-state index < -0.39 is 67.6 Å². The van der Waals surface area contributed by atoms with E-state index in [9.17, 15) is 24.1 Å². The molecule has 1 aliphatic heterocycles. The molecular weight excluding hydrogens is 567 g/mol. The van der Waals surface area contributed by atoms with Crippen molar-refractivity contribution in [2.45, 2.75) is 63.7 Å². The maximum absolute atomic E-state index is 16.0. The van der Waals surface area contributed by atoms with Crippen molar-refractivity contribution in [3.05, 3.63) is 75.6 Å². The van der Waals surface area contributed by atoms with Gasteiger partial charge in [0.05, 0.1) is 6.10 Å². The van der Waals surface area contributed by atoms with Crippen LogP contribution < -0.4 is 20.9 Å². The number of ether oxygens (including phenoxy) is 2. The van der Waals surface area contributed by atoms with Crippen molar-refractivity contribution in [3.8, 4) is 5.75 Å². The van der Waals surface area contributed by atoms with Crippen molar-refractivity contribution >= 4 is 24.5 Å². The first-order valence-electron chi connectivity index (χ1n) is 12.6. The molecular formula is C26H30F2N3O9P. The van der Waals surface area contributed by atoms with E-state index >= 15 is 8.78 Å². The highest BCUT2D eigenvalue weighted by Crippen LogP contribution is 2.51. The summed E-state index contributed by atoms with van der Waals surface area (Å²) in [6.07, 6.45) is -4.21. The highest BCUT2D eigenvalue weighted by molar-refractivity contribution is 7.52. The molecule has 222 valence electrons. The summed E-state index contributed by atoms with van der Waals surface area (Å²) in [5.41, 5.74) is -4.82. The van der Waals surface area contributed by atoms with E-state index in [0.717, 1.165) is 24.6 Å². The fourth-order valence-corrected chi connectivity index (χ4v) is 5.72. The minimum atomic E-state index is -4.66. The standard InChI is InChI=1S/C26H30F2N3O9P/c1-15(2)38-21(33)16(3)30-41(36,40-19-10-9-17-7-5-6-8-18(17)13-19)37-14-26(28)22(34)25(4,27)23(39-26)31-12-11-20(32)29-24(31)35/h5-13,15-16,22-23,34H,14H2,1-4H3,(H,30,36)(H,29,32,35)/t16-,22-,23+,25+,26+,41-/m0/s1. The fraction of sp³-hybridized carbons (Fsp3) is 0.423. The average molecular weight is 598 g/mol. The zero-order valence-corrected chi connectivity index (χ0v) is 23.5. The predicted octanol–water partition coefficient (Wildman–Crippen LogP) is 3.11. The van der Waals surface area contributed by atoms with Gasteiger partial charge in [0.2, 0.25) is 0 Å². The molecule has 0 radical (unpaired) electrons. The second-order valence-corrected chi connectivity index (χ2v) is 11.7. The maximum Gasteiger partial charge on any atom is 0.459 e.